The van der Waals surface area contributed by atoms with Crippen LogP contribution < -0.4 is 10.2 Å². The lowest BCUT2D eigenvalue weighted by Crippen LogP contribution is -2.44. The average molecular weight is 463 g/mol. The molecule has 0 amide bonds. The first-order valence-corrected chi connectivity index (χ1v) is 11.5. The highest BCUT2D eigenvalue weighted by molar-refractivity contribution is 6.42. The summed E-state index contributed by atoms with van der Waals surface area (Å²) in [6.45, 7) is 4.33. The number of likely N-dealkylation sites (N-methyl/N-ethyl adjacent to an activating group) is 1. The van der Waals surface area contributed by atoms with E-state index < -0.39 is 0 Å². The van der Waals surface area contributed by atoms with Crippen molar-refractivity contribution in [2.24, 2.45) is 0 Å². The van der Waals surface area contributed by atoms with Gasteiger partial charge in [-0.25, -0.2) is 0 Å². The zero-order valence-corrected chi connectivity index (χ0v) is 19.4. The minimum absolute atomic E-state index is 0.550. The molecule has 1 fully saturated rings. The van der Waals surface area contributed by atoms with Crippen LogP contribution in [0.3, 0.4) is 0 Å². The maximum Gasteiger partial charge on any atom is 0.0723 e. The maximum absolute atomic E-state index is 6.23. The fourth-order valence-corrected chi connectivity index (χ4v) is 4.38. The van der Waals surface area contributed by atoms with E-state index in [9.17, 15) is 0 Å². The first-order chi connectivity index (χ1) is 15.6. The van der Waals surface area contributed by atoms with E-state index >= 15 is 0 Å². The Hall–Kier alpha value is -2.79. The molecule has 1 saturated heterocycles. The number of aromatic nitrogens is 1. The van der Waals surface area contributed by atoms with E-state index in [1.54, 1.807) is 0 Å². The van der Waals surface area contributed by atoms with Gasteiger partial charge in [0.15, 0.2) is 0 Å². The van der Waals surface area contributed by atoms with Crippen LogP contribution in [0.2, 0.25) is 10.0 Å². The lowest BCUT2D eigenvalue weighted by Gasteiger charge is -2.34. The highest BCUT2D eigenvalue weighted by Crippen LogP contribution is 2.33. The standard InChI is InChI=1S/C26H24Cl2N4/c1-31-12-14-32(15-13-31)21-6-4-20(5-7-21)30-26-10-11-29-25-9-3-18(16-22(25)26)19-2-8-23(27)24(28)17-19/h2-11,16-17H,12-15H2,1H3,(H,29,30). The summed E-state index contributed by atoms with van der Waals surface area (Å²) >= 11 is 12.3. The van der Waals surface area contributed by atoms with E-state index in [1.165, 1.54) is 5.69 Å². The molecule has 2 heterocycles. The van der Waals surface area contributed by atoms with E-state index in [2.05, 4.69) is 63.5 Å². The molecule has 0 spiro atoms. The molecule has 4 aromatic rings. The van der Waals surface area contributed by atoms with E-state index in [1.807, 2.05) is 36.5 Å². The lowest BCUT2D eigenvalue weighted by molar-refractivity contribution is 0.313. The number of piperazine rings is 1. The van der Waals surface area contributed by atoms with Crippen LogP contribution >= 0.6 is 23.2 Å². The number of fused-ring (bicyclic) bond motifs is 1. The summed E-state index contributed by atoms with van der Waals surface area (Å²) in [5.41, 5.74) is 6.36. The molecular formula is C26H24Cl2N4. The number of nitrogens with one attached hydrogen (secondary N) is 1. The van der Waals surface area contributed by atoms with Crippen LogP contribution in [-0.4, -0.2) is 43.1 Å². The summed E-state index contributed by atoms with van der Waals surface area (Å²) < 4.78 is 0. The average Bonchev–Trinajstić information content (AvgIpc) is 2.82. The summed E-state index contributed by atoms with van der Waals surface area (Å²) in [4.78, 5) is 9.34. The van der Waals surface area contributed by atoms with Gasteiger partial charge in [-0.2, -0.15) is 0 Å². The fourth-order valence-electron chi connectivity index (χ4n) is 4.09. The van der Waals surface area contributed by atoms with Crippen molar-refractivity contribution in [1.29, 1.82) is 0 Å². The third-order valence-corrected chi connectivity index (χ3v) is 6.75. The van der Waals surface area contributed by atoms with Crippen molar-refractivity contribution >= 4 is 51.2 Å². The fraction of sp³-hybridized carbons (Fsp3) is 0.192. The van der Waals surface area contributed by atoms with Crippen LogP contribution in [0.15, 0.2) is 72.9 Å². The maximum atomic E-state index is 6.23. The van der Waals surface area contributed by atoms with Crippen molar-refractivity contribution in [3.63, 3.8) is 0 Å². The van der Waals surface area contributed by atoms with Gasteiger partial charge in [-0.1, -0.05) is 35.3 Å². The van der Waals surface area contributed by atoms with Gasteiger partial charge in [0.25, 0.3) is 0 Å². The summed E-state index contributed by atoms with van der Waals surface area (Å²) in [5.74, 6) is 0. The third kappa shape index (κ3) is 4.40. The molecule has 0 aliphatic carbocycles. The van der Waals surface area contributed by atoms with Gasteiger partial charge in [-0.15, -0.1) is 0 Å². The monoisotopic (exact) mass is 462 g/mol. The van der Waals surface area contributed by atoms with Crippen LogP contribution in [-0.2, 0) is 0 Å². The molecule has 1 aliphatic rings. The van der Waals surface area contributed by atoms with Crippen molar-refractivity contribution < 1.29 is 0 Å². The third-order valence-electron chi connectivity index (χ3n) is 6.01. The number of hydrogen-bond acceptors (Lipinski definition) is 4. The van der Waals surface area contributed by atoms with Gasteiger partial charge in [0, 0.05) is 54.8 Å². The number of pyridine rings is 1. The van der Waals surface area contributed by atoms with Crippen molar-refractivity contribution in [2.45, 2.75) is 0 Å². The zero-order chi connectivity index (χ0) is 22.1. The van der Waals surface area contributed by atoms with Crippen molar-refractivity contribution in [3.05, 3.63) is 83.0 Å². The zero-order valence-electron chi connectivity index (χ0n) is 17.9. The molecule has 4 nitrogen and oxygen atoms in total. The summed E-state index contributed by atoms with van der Waals surface area (Å²) in [7, 11) is 2.18. The molecule has 5 rings (SSSR count). The Kier molecular flexibility index (Phi) is 5.92. The minimum Gasteiger partial charge on any atom is -0.369 e. The van der Waals surface area contributed by atoms with Gasteiger partial charge in [-0.3, -0.25) is 4.98 Å². The van der Waals surface area contributed by atoms with Crippen LogP contribution in [0.4, 0.5) is 17.1 Å². The Bertz CT molecular complexity index is 1250. The van der Waals surface area contributed by atoms with Gasteiger partial charge < -0.3 is 15.1 Å². The van der Waals surface area contributed by atoms with Crippen LogP contribution in [0.1, 0.15) is 0 Å². The Balaban J connectivity index is 1.42. The molecule has 0 unspecified atom stereocenters. The predicted octanol–water partition coefficient (Wildman–Crippen LogP) is 6.70. The Morgan fingerprint density at radius 3 is 2.25 bits per heavy atom. The molecule has 0 radical (unpaired) electrons. The summed E-state index contributed by atoms with van der Waals surface area (Å²) in [6, 6.07) is 22.6. The van der Waals surface area contributed by atoms with Crippen LogP contribution in [0.5, 0.6) is 0 Å². The molecule has 1 aliphatic heterocycles. The van der Waals surface area contributed by atoms with Gasteiger partial charge in [0.05, 0.1) is 15.6 Å². The number of hydrogen-bond donors (Lipinski definition) is 1. The van der Waals surface area contributed by atoms with E-state index in [0.29, 0.717) is 10.0 Å². The SMILES string of the molecule is CN1CCN(c2ccc(Nc3ccnc4ccc(-c5ccc(Cl)c(Cl)c5)cc34)cc2)CC1. The summed E-state index contributed by atoms with van der Waals surface area (Å²) in [5, 5.41) is 5.73. The first kappa shape index (κ1) is 21.1. The normalized spacial score (nSPS) is 14.7. The molecule has 6 heteroatoms. The summed E-state index contributed by atoms with van der Waals surface area (Å²) in [6.07, 6.45) is 1.84. The number of anilines is 3. The second-order valence-corrected chi connectivity index (χ2v) is 9.00. The van der Waals surface area contributed by atoms with Gasteiger partial charge in [0.2, 0.25) is 0 Å². The molecule has 1 N–H and O–H groups in total. The van der Waals surface area contributed by atoms with E-state index in [-0.39, 0.29) is 0 Å². The Labute approximate surface area is 198 Å². The quantitative estimate of drug-likeness (QED) is 0.365. The highest BCUT2D eigenvalue weighted by Gasteiger charge is 2.14. The van der Waals surface area contributed by atoms with Crippen LogP contribution in [0.25, 0.3) is 22.0 Å². The molecule has 32 heavy (non-hydrogen) atoms. The molecular weight excluding hydrogens is 439 g/mol. The topological polar surface area (TPSA) is 31.4 Å². The Morgan fingerprint density at radius 2 is 1.50 bits per heavy atom. The second kappa shape index (κ2) is 8.99. The number of halogens is 2. The molecule has 162 valence electrons. The molecule has 0 atom stereocenters. The Morgan fingerprint density at radius 1 is 0.781 bits per heavy atom. The van der Waals surface area contributed by atoms with Gasteiger partial charge in [-0.05, 0) is 72.8 Å². The van der Waals surface area contributed by atoms with Gasteiger partial charge >= 0.3 is 0 Å². The van der Waals surface area contributed by atoms with Crippen molar-refractivity contribution in [3.8, 4) is 11.1 Å². The lowest BCUT2D eigenvalue weighted by atomic mass is 10.0. The molecule has 0 bridgehead atoms. The largest absolute Gasteiger partial charge is 0.369 e. The molecule has 1 aromatic heterocycles. The predicted molar refractivity (Wildman–Crippen MR) is 137 cm³/mol. The first-order valence-electron chi connectivity index (χ1n) is 10.7. The number of benzene rings is 3. The van der Waals surface area contributed by atoms with E-state index in [4.69, 9.17) is 23.2 Å². The number of nitrogens with zero attached hydrogens (tertiary/aromatic N) is 3. The highest BCUT2D eigenvalue weighted by atomic mass is 35.5. The van der Waals surface area contributed by atoms with Crippen molar-refractivity contribution in [1.82, 2.24) is 9.88 Å². The number of rotatable bonds is 4. The minimum atomic E-state index is 0.550. The second-order valence-electron chi connectivity index (χ2n) is 8.18. The van der Waals surface area contributed by atoms with Crippen LogP contribution in [0, 0.1) is 0 Å². The van der Waals surface area contributed by atoms with Gasteiger partial charge in [0.1, 0.15) is 0 Å². The molecule has 3 aromatic carbocycles. The smallest absolute Gasteiger partial charge is 0.0723 e. The van der Waals surface area contributed by atoms with E-state index in [0.717, 1.165) is 59.6 Å². The molecule has 0 saturated carbocycles. The van der Waals surface area contributed by atoms with Crippen molar-refractivity contribution in [2.75, 3.05) is 43.4 Å².